The molecule has 0 saturated heterocycles. The van der Waals surface area contributed by atoms with Crippen molar-refractivity contribution in [1.29, 1.82) is 0 Å². The highest BCUT2D eigenvalue weighted by molar-refractivity contribution is 5.74. The van der Waals surface area contributed by atoms with Gasteiger partial charge >= 0.3 is 5.69 Å². The summed E-state index contributed by atoms with van der Waals surface area (Å²) in [6.45, 7) is 4.00. The van der Waals surface area contributed by atoms with Crippen LogP contribution in [-0.2, 0) is 0 Å². The highest BCUT2D eigenvalue weighted by atomic mass is 16.6. The number of nitro benzene ring substituents is 1. The first-order valence-corrected chi connectivity index (χ1v) is 5.38. The van der Waals surface area contributed by atoms with Gasteiger partial charge in [-0.15, -0.1) is 0 Å². The van der Waals surface area contributed by atoms with Crippen LogP contribution < -0.4 is 11.1 Å². The van der Waals surface area contributed by atoms with Gasteiger partial charge in [-0.1, -0.05) is 19.9 Å². The van der Waals surface area contributed by atoms with E-state index in [1.807, 2.05) is 13.8 Å². The summed E-state index contributed by atoms with van der Waals surface area (Å²) in [5.41, 5.74) is 5.83. The van der Waals surface area contributed by atoms with Crippen molar-refractivity contribution in [2.24, 2.45) is 5.92 Å². The van der Waals surface area contributed by atoms with E-state index in [4.69, 9.17) is 5.73 Å². The minimum absolute atomic E-state index is 0.0858. The van der Waals surface area contributed by atoms with Gasteiger partial charge in [-0.25, -0.2) is 0 Å². The van der Waals surface area contributed by atoms with Crippen LogP contribution >= 0.6 is 0 Å². The average Bonchev–Trinajstić information content (AvgIpc) is 2.24. The van der Waals surface area contributed by atoms with Crippen molar-refractivity contribution in [3.8, 4) is 0 Å². The van der Waals surface area contributed by atoms with Crippen LogP contribution in [0.25, 0.3) is 0 Å². The number of nitrogen functional groups attached to an aromatic ring is 1. The number of rotatable bonds is 5. The maximum atomic E-state index is 10.8. The molecule has 0 amide bonds. The minimum atomic E-state index is -0.559. The fourth-order valence-corrected chi connectivity index (χ4v) is 1.36. The Hall–Kier alpha value is -1.82. The van der Waals surface area contributed by atoms with Gasteiger partial charge in [0.2, 0.25) is 0 Å². The Morgan fingerprint density at radius 1 is 1.53 bits per heavy atom. The molecular weight excluding hydrogens is 222 g/mol. The molecule has 1 rings (SSSR count). The normalized spacial score (nSPS) is 12.5. The Labute approximate surface area is 99.6 Å². The molecule has 0 spiro atoms. The van der Waals surface area contributed by atoms with Gasteiger partial charge in [-0.05, 0) is 18.1 Å². The number of nitro groups is 1. The van der Waals surface area contributed by atoms with Crippen LogP contribution in [0, 0.1) is 16.0 Å². The van der Waals surface area contributed by atoms with Crippen molar-refractivity contribution in [3.05, 3.63) is 28.3 Å². The van der Waals surface area contributed by atoms with Gasteiger partial charge in [0.25, 0.3) is 0 Å². The first kappa shape index (κ1) is 13.2. The molecule has 4 N–H and O–H groups in total. The lowest BCUT2D eigenvalue weighted by molar-refractivity contribution is -0.383. The van der Waals surface area contributed by atoms with Gasteiger partial charge in [0.15, 0.2) is 0 Å². The molecule has 0 saturated carbocycles. The van der Waals surface area contributed by atoms with Crippen LogP contribution in [0.5, 0.6) is 0 Å². The summed E-state index contributed by atoms with van der Waals surface area (Å²) >= 11 is 0. The number of aliphatic hydroxyl groups is 1. The lowest BCUT2D eigenvalue weighted by Gasteiger charge is -2.16. The molecule has 6 heteroatoms. The molecule has 0 aliphatic carbocycles. The summed E-state index contributed by atoms with van der Waals surface area (Å²) in [5, 5.41) is 23.3. The number of hydrogen-bond acceptors (Lipinski definition) is 5. The zero-order valence-electron chi connectivity index (χ0n) is 9.88. The Morgan fingerprint density at radius 3 is 2.71 bits per heavy atom. The number of nitrogens with zero attached hydrogens (tertiary/aromatic N) is 1. The summed E-state index contributed by atoms with van der Waals surface area (Å²) in [7, 11) is 0. The molecule has 1 aromatic rings. The van der Waals surface area contributed by atoms with Crippen LogP contribution in [-0.4, -0.2) is 22.7 Å². The summed E-state index contributed by atoms with van der Waals surface area (Å²) in [5.74, 6) is 0.0858. The standard InChI is InChI=1S/C11H17N3O3/c1-7(2)10(15)6-13-9-5-3-4-8(12)11(9)14(16)17/h3-5,7,10,13,15H,6,12H2,1-2H3. The SMILES string of the molecule is CC(C)C(O)CNc1cccc(N)c1[N+](=O)[O-]. The Kier molecular flexibility index (Phi) is 4.28. The second-order valence-corrected chi connectivity index (χ2v) is 4.19. The van der Waals surface area contributed by atoms with E-state index in [-0.39, 0.29) is 23.8 Å². The van der Waals surface area contributed by atoms with E-state index in [1.54, 1.807) is 12.1 Å². The van der Waals surface area contributed by atoms with Gasteiger partial charge in [-0.3, -0.25) is 10.1 Å². The predicted molar refractivity (Wildman–Crippen MR) is 66.8 cm³/mol. The van der Waals surface area contributed by atoms with Gasteiger partial charge < -0.3 is 16.2 Å². The summed E-state index contributed by atoms with van der Waals surface area (Å²) in [4.78, 5) is 10.3. The van der Waals surface area contributed by atoms with Crippen LogP contribution in [0.4, 0.5) is 17.1 Å². The van der Waals surface area contributed by atoms with E-state index < -0.39 is 11.0 Å². The molecule has 0 bridgehead atoms. The Morgan fingerprint density at radius 2 is 2.18 bits per heavy atom. The van der Waals surface area contributed by atoms with E-state index in [9.17, 15) is 15.2 Å². The van der Waals surface area contributed by atoms with E-state index >= 15 is 0 Å². The summed E-state index contributed by atoms with van der Waals surface area (Å²) < 4.78 is 0. The van der Waals surface area contributed by atoms with Crippen LogP contribution in [0.3, 0.4) is 0 Å². The Balaban J connectivity index is 2.84. The fraction of sp³-hybridized carbons (Fsp3) is 0.455. The number of benzene rings is 1. The molecule has 1 aromatic carbocycles. The topological polar surface area (TPSA) is 101 Å². The van der Waals surface area contributed by atoms with Gasteiger partial charge in [0.05, 0.1) is 11.0 Å². The quantitative estimate of drug-likeness (QED) is 0.411. The molecule has 0 aromatic heterocycles. The van der Waals surface area contributed by atoms with Crippen molar-refractivity contribution < 1.29 is 10.0 Å². The monoisotopic (exact) mass is 239 g/mol. The molecule has 0 aliphatic rings. The van der Waals surface area contributed by atoms with Gasteiger partial charge in [0.1, 0.15) is 11.4 Å². The van der Waals surface area contributed by atoms with Gasteiger partial charge in [0, 0.05) is 6.54 Å². The number of hydrogen-bond donors (Lipinski definition) is 3. The second-order valence-electron chi connectivity index (χ2n) is 4.19. The van der Waals surface area contributed by atoms with Crippen molar-refractivity contribution in [1.82, 2.24) is 0 Å². The fourth-order valence-electron chi connectivity index (χ4n) is 1.36. The molecule has 0 heterocycles. The molecule has 1 unspecified atom stereocenters. The van der Waals surface area contributed by atoms with Crippen molar-refractivity contribution in [2.45, 2.75) is 20.0 Å². The number of nitrogens with two attached hydrogens (primary N) is 1. The number of para-hydroxylation sites is 1. The van der Waals surface area contributed by atoms with Crippen molar-refractivity contribution >= 4 is 17.1 Å². The van der Waals surface area contributed by atoms with E-state index in [0.717, 1.165) is 0 Å². The number of nitrogens with one attached hydrogen (secondary N) is 1. The van der Waals surface area contributed by atoms with Crippen LogP contribution in [0.1, 0.15) is 13.8 Å². The highest BCUT2D eigenvalue weighted by Crippen LogP contribution is 2.30. The predicted octanol–water partition coefficient (Wildman–Crippen LogP) is 1.61. The third-order valence-corrected chi connectivity index (χ3v) is 2.52. The molecule has 1 atom stereocenters. The average molecular weight is 239 g/mol. The molecule has 0 radical (unpaired) electrons. The maximum absolute atomic E-state index is 10.8. The molecule has 0 aliphatic heterocycles. The van der Waals surface area contributed by atoms with Crippen molar-refractivity contribution in [3.63, 3.8) is 0 Å². The molecule has 0 fully saturated rings. The zero-order chi connectivity index (χ0) is 13.0. The molecule has 94 valence electrons. The first-order valence-electron chi connectivity index (χ1n) is 5.38. The summed E-state index contributed by atoms with van der Waals surface area (Å²) in [6, 6.07) is 4.68. The maximum Gasteiger partial charge on any atom is 0.314 e. The van der Waals surface area contributed by atoms with E-state index in [2.05, 4.69) is 5.32 Å². The lowest BCUT2D eigenvalue weighted by Crippen LogP contribution is -2.25. The Bertz CT molecular complexity index is 407. The summed E-state index contributed by atoms with van der Waals surface area (Å²) in [6.07, 6.45) is -0.559. The molecule has 6 nitrogen and oxygen atoms in total. The third-order valence-electron chi connectivity index (χ3n) is 2.52. The van der Waals surface area contributed by atoms with Crippen molar-refractivity contribution in [2.75, 3.05) is 17.6 Å². The lowest BCUT2D eigenvalue weighted by atomic mass is 10.1. The first-order chi connectivity index (χ1) is 7.93. The van der Waals surface area contributed by atoms with Crippen LogP contribution in [0.2, 0.25) is 0 Å². The highest BCUT2D eigenvalue weighted by Gasteiger charge is 2.18. The zero-order valence-corrected chi connectivity index (χ0v) is 9.88. The second kappa shape index (κ2) is 5.49. The smallest absolute Gasteiger partial charge is 0.314 e. The molecular formula is C11H17N3O3. The van der Waals surface area contributed by atoms with E-state index in [1.165, 1.54) is 6.07 Å². The molecule has 17 heavy (non-hydrogen) atoms. The number of anilines is 2. The largest absolute Gasteiger partial charge is 0.393 e. The number of aliphatic hydroxyl groups excluding tert-OH is 1. The minimum Gasteiger partial charge on any atom is -0.393 e. The third kappa shape index (κ3) is 3.32. The van der Waals surface area contributed by atoms with Gasteiger partial charge in [-0.2, -0.15) is 0 Å². The van der Waals surface area contributed by atoms with Crippen LogP contribution in [0.15, 0.2) is 18.2 Å². The van der Waals surface area contributed by atoms with E-state index in [0.29, 0.717) is 5.69 Å².